The molecule has 58 heavy (non-hydrogen) atoms. The van der Waals surface area contributed by atoms with Gasteiger partial charge in [-0.3, -0.25) is 9.59 Å². The summed E-state index contributed by atoms with van der Waals surface area (Å²) in [5, 5.41) is 23.7. The number of allylic oxidation sites excluding steroid dienone is 6. The van der Waals surface area contributed by atoms with Crippen LogP contribution in [0.4, 0.5) is 0 Å². The molecule has 340 valence electrons. The predicted molar refractivity (Wildman–Crippen MR) is 250 cm³/mol. The van der Waals surface area contributed by atoms with Crippen molar-refractivity contribution in [3.63, 3.8) is 0 Å². The molecule has 3 unspecified atom stereocenters. The van der Waals surface area contributed by atoms with Gasteiger partial charge in [0, 0.05) is 6.42 Å². The van der Waals surface area contributed by atoms with Crippen LogP contribution in [-0.4, -0.2) is 46.9 Å². The van der Waals surface area contributed by atoms with Crippen molar-refractivity contribution in [2.45, 2.75) is 277 Å². The van der Waals surface area contributed by atoms with Gasteiger partial charge >= 0.3 is 5.97 Å². The van der Waals surface area contributed by atoms with Gasteiger partial charge in [0.15, 0.2) is 0 Å². The molecule has 6 nitrogen and oxygen atoms in total. The standard InChI is InChI=1S/C52H97NO5/c1-4-7-10-13-16-19-22-24-26-29-32-35-38-41-44-50(55)49(47-54)53-51(56)46-48(43-40-37-34-31-28-21-18-15-12-9-6-3)58-52(57)45-42-39-36-33-30-27-25-23-20-17-14-11-8-5-2/h8,11,17,20,25,27,48-50,54-55H,4-7,9-10,12-16,18-19,21-24,26,28-47H2,1-3H3,(H,53,56)/b11-8+,20-17+,27-25+. The highest BCUT2D eigenvalue weighted by Crippen LogP contribution is 2.18. The average Bonchev–Trinajstić information content (AvgIpc) is 3.22. The van der Waals surface area contributed by atoms with Gasteiger partial charge in [0.25, 0.3) is 0 Å². The maximum Gasteiger partial charge on any atom is 0.306 e. The Hall–Kier alpha value is -1.92. The van der Waals surface area contributed by atoms with Gasteiger partial charge in [0.2, 0.25) is 5.91 Å². The molecule has 0 heterocycles. The molecule has 0 radical (unpaired) electrons. The summed E-state index contributed by atoms with van der Waals surface area (Å²) >= 11 is 0. The first-order valence-corrected chi connectivity index (χ1v) is 25.2. The first-order valence-electron chi connectivity index (χ1n) is 25.2. The van der Waals surface area contributed by atoms with E-state index in [9.17, 15) is 19.8 Å². The molecule has 0 aliphatic rings. The number of nitrogens with one attached hydrogen (secondary N) is 1. The van der Waals surface area contributed by atoms with Crippen molar-refractivity contribution in [3.05, 3.63) is 36.5 Å². The third kappa shape index (κ3) is 40.8. The molecule has 0 aliphatic carbocycles. The number of aliphatic hydroxyl groups excluding tert-OH is 2. The molecule has 3 atom stereocenters. The summed E-state index contributed by atoms with van der Waals surface area (Å²) < 4.78 is 5.91. The number of ether oxygens (including phenoxy) is 1. The zero-order valence-electron chi connectivity index (χ0n) is 38.7. The van der Waals surface area contributed by atoms with Crippen molar-refractivity contribution in [2.75, 3.05) is 6.61 Å². The highest BCUT2D eigenvalue weighted by atomic mass is 16.5. The number of carbonyl (C=O) groups is 2. The molecule has 3 N–H and O–H groups in total. The smallest absolute Gasteiger partial charge is 0.306 e. The Balaban J connectivity index is 4.54. The minimum atomic E-state index is -0.788. The van der Waals surface area contributed by atoms with Crippen molar-refractivity contribution >= 4 is 11.9 Å². The van der Waals surface area contributed by atoms with Gasteiger partial charge in [0.1, 0.15) is 6.10 Å². The lowest BCUT2D eigenvalue weighted by Crippen LogP contribution is -2.46. The second-order valence-corrected chi connectivity index (χ2v) is 17.2. The normalized spacial score (nSPS) is 13.5. The Morgan fingerprint density at radius 3 is 1.41 bits per heavy atom. The van der Waals surface area contributed by atoms with Crippen LogP contribution in [0.5, 0.6) is 0 Å². The summed E-state index contributed by atoms with van der Waals surface area (Å²) in [6, 6.07) is -0.702. The van der Waals surface area contributed by atoms with Gasteiger partial charge in [-0.15, -0.1) is 0 Å². The van der Waals surface area contributed by atoms with Crippen LogP contribution in [0.2, 0.25) is 0 Å². The van der Waals surface area contributed by atoms with Crippen LogP contribution in [0.1, 0.15) is 258 Å². The van der Waals surface area contributed by atoms with E-state index in [2.05, 4.69) is 62.5 Å². The van der Waals surface area contributed by atoms with E-state index in [1.54, 1.807) is 0 Å². The Labute approximate surface area is 360 Å². The fourth-order valence-corrected chi connectivity index (χ4v) is 7.68. The second kappa shape index (κ2) is 46.2. The molecular formula is C52H97NO5. The zero-order chi connectivity index (χ0) is 42.4. The molecule has 0 saturated heterocycles. The second-order valence-electron chi connectivity index (χ2n) is 17.2. The van der Waals surface area contributed by atoms with Gasteiger partial charge in [0.05, 0.1) is 25.2 Å². The molecule has 0 spiro atoms. The van der Waals surface area contributed by atoms with E-state index in [0.29, 0.717) is 19.3 Å². The maximum atomic E-state index is 13.2. The van der Waals surface area contributed by atoms with E-state index in [4.69, 9.17) is 4.74 Å². The highest BCUT2D eigenvalue weighted by molar-refractivity contribution is 5.77. The summed E-state index contributed by atoms with van der Waals surface area (Å²) in [6.45, 7) is 6.37. The Morgan fingerprint density at radius 2 is 0.931 bits per heavy atom. The maximum absolute atomic E-state index is 13.2. The lowest BCUT2D eigenvalue weighted by atomic mass is 10.0. The van der Waals surface area contributed by atoms with E-state index in [-0.39, 0.29) is 24.9 Å². The lowest BCUT2D eigenvalue weighted by Gasteiger charge is -2.24. The van der Waals surface area contributed by atoms with Crippen LogP contribution in [0.25, 0.3) is 0 Å². The summed E-state index contributed by atoms with van der Waals surface area (Å²) in [5.74, 6) is -0.491. The fraction of sp³-hybridized carbons (Fsp3) is 0.846. The van der Waals surface area contributed by atoms with Gasteiger partial charge < -0.3 is 20.3 Å². The predicted octanol–water partition coefficient (Wildman–Crippen LogP) is 14.9. The van der Waals surface area contributed by atoms with Crippen LogP contribution >= 0.6 is 0 Å². The molecule has 0 fully saturated rings. The summed E-state index contributed by atoms with van der Waals surface area (Å²) in [6.07, 6.45) is 53.4. The minimum absolute atomic E-state index is 0.0720. The van der Waals surface area contributed by atoms with Gasteiger partial charge in [-0.2, -0.15) is 0 Å². The van der Waals surface area contributed by atoms with Gasteiger partial charge in [-0.1, -0.05) is 224 Å². The number of hydrogen-bond acceptors (Lipinski definition) is 5. The van der Waals surface area contributed by atoms with Crippen molar-refractivity contribution in [2.24, 2.45) is 0 Å². The minimum Gasteiger partial charge on any atom is -0.462 e. The third-order valence-corrected chi connectivity index (χ3v) is 11.5. The molecule has 0 aliphatic heterocycles. The molecule has 0 bridgehead atoms. The molecule has 0 aromatic rings. The number of aliphatic hydroxyl groups is 2. The van der Waals surface area contributed by atoms with E-state index in [0.717, 1.165) is 77.0 Å². The van der Waals surface area contributed by atoms with E-state index in [1.165, 1.54) is 135 Å². The van der Waals surface area contributed by atoms with Crippen molar-refractivity contribution in [1.29, 1.82) is 0 Å². The fourth-order valence-electron chi connectivity index (χ4n) is 7.68. The highest BCUT2D eigenvalue weighted by Gasteiger charge is 2.24. The molecule has 0 aromatic heterocycles. The first kappa shape index (κ1) is 56.1. The third-order valence-electron chi connectivity index (χ3n) is 11.5. The zero-order valence-corrected chi connectivity index (χ0v) is 38.7. The van der Waals surface area contributed by atoms with Crippen molar-refractivity contribution in [1.82, 2.24) is 5.32 Å². The van der Waals surface area contributed by atoms with E-state index < -0.39 is 18.2 Å². The summed E-state index contributed by atoms with van der Waals surface area (Å²) in [4.78, 5) is 26.1. The molecule has 0 rings (SSSR count). The number of amides is 1. The van der Waals surface area contributed by atoms with E-state index >= 15 is 0 Å². The number of hydrogen-bond donors (Lipinski definition) is 3. The topological polar surface area (TPSA) is 95.9 Å². The molecule has 0 saturated carbocycles. The summed E-state index contributed by atoms with van der Waals surface area (Å²) in [5.41, 5.74) is 0. The van der Waals surface area contributed by atoms with Crippen LogP contribution in [0, 0.1) is 0 Å². The average molecular weight is 816 g/mol. The number of carbonyl (C=O) groups excluding carboxylic acids is 2. The van der Waals surface area contributed by atoms with Crippen LogP contribution in [-0.2, 0) is 14.3 Å². The Bertz CT molecular complexity index is 961. The first-order chi connectivity index (χ1) is 28.5. The molecule has 0 aromatic carbocycles. The largest absolute Gasteiger partial charge is 0.462 e. The lowest BCUT2D eigenvalue weighted by molar-refractivity contribution is -0.151. The summed E-state index contributed by atoms with van der Waals surface area (Å²) in [7, 11) is 0. The Morgan fingerprint density at radius 1 is 0.517 bits per heavy atom. The Kier molecular flexibility index (Phi) is 44.6. The van der Waals surface area contributed by atoms with Crippen molar-refractivity contribution in [3.8, 4) is 0 Å². The number of esters is 1. The molecular weight excluding hydrogens is 719 g/mol. The van der Waals surface area contributed by atoms with Crippen LogP contribution in [0.15, 0.2) is 36.5 Å². The number of rotatable bonds is 45. The van der Waals surface area contributed by atoms with E-state index in [1.807, 2.05) is 0 Å². The van der Waals surface area contributed by atoms with Crippen LogP contribution in [0.3, 0.4) is 0 Å². The number of unbranched alkanes of at least 4 members (excludes halogenated alkanes) is 27. The quantitative estimate of drug-likeness (QED) is 0.0323. The molecule has 1 amide bonds. The van der Waals surface area contributed by atoms with Gasteiger partial charge in [-0.25, -0.2) is 0 Å². The van der Waals surface area contributed by atoms with Gasteiger partial charge in [-0.05, 0) is 57.8 Å². The van der Waals surface area contributed by atoms with Crippen LogP contribution < -0.4 is 5.32 Å². The molecule has 6 heteroatoms. The van der Waals surface area contributed by atoms with Crippen molar-refractivity contribution < 1.29 is 24.5 Å². The SMILES string of the molecule is CC/C=C/C/C=C/C/C=C/CCCCCCC(=O)OC(CCCCCCCCCCCCC)CC(=O)NC(CO)C(O)CCCCCCCCCCCCCCCC. The monoisotopic (exact) mass is 816 g/mol.